The van der Waals surface area contributed by atoms with E-state index in [1.165, 1.54) is 13.3 Å². The molecule has 0 spiro atoms. The number of aliphatic hydroxyl groups is 2. The van der Waals surface area contributed by atoms with Gasteiger partial charge in [-0.25, -0.2) is 4.79 Å². The minimum atomic E-state index is -1.08. The number of nitrogens with one attached hydrogen (secondary N) is 1. The molecule has 0 saturated carbocycles. The number of hydrogen-bond donors (Lipinski definition) is 3. The number of rotatable bonds is 3. The SMILES string of the molecule is CO[C@@H]1[C@H](O)[C@@H](C(O)I)O[C@H]1n1ccc(=O)[nH]c1=O. The van der Waals surface area contributed by atoms with E-state index in [0.29, 0.717) is 0 Å². The summed E-state index contributed by atoms with van der Waals surface area (Å²) in [7, 11) is 1.36. The fourth-order valence-electron chi connectivity index (χ4n) is 2.01. The standard InChI is InChI=1S/C10H13IN2O6/c1-18-7-5(15)6(8(11)16)19-9(7)13-3-2-4(14)12-10(13)17/h2-3,5-9,15-16H,1H3,(H,12,14,17)/t5-,6+,7-,8?,9-/m1/s1. The van der Waals surface area contributed by atoms with E-state index in [4.69, 9.17) is 9.47 Å². The first kappa shape index (κ1) is 14.7. The Morgan fingerprint density at radius 2 is 2.26 bits per heavy atom. The Bertz CT molecular complexity index is 555. The van der Waals surface area contributed by atoms with Crippen LogP contribution in [0.2, 0.25) is 0 Å². The summed E-state index contributed by atoms with van der Waals surface area (Å²) < 4.78 is 10.7. The average molecular weight is 384 g/mol. The van der Waals surface area contributed by atoms with Gasteiger partial charge >= 0.3 is 5.69 Å². The van der Waals surface area contributed by atoms with Crippen molar-refractivity contribution >= 4 is 22.6 Å². The van der Waals surface area contributed by atoms with Crippen molar-refractivity contribution in [2.45, 2.75) is 28.7 Å². The zero-order valence-electron chi connectivity index (χ0n) is 9.89. The second-order valence-corrected chi connectivity index (χ2v) is 5.35. The summed E-state index contributed by atoms with van der Waals surface area (Å²) in [4.78, 5) is 24.8. The molecule has 0 aliphatic carbocycles. The molecule has 5 atom stereocenters. The highest BCUT2D eigenvalue weighted by atomic mass is 127. The lowest BCUT2D eigenvalue weighted by Gasteiger charge is -2.19. The van der Waals surface area contributed by atoms with Crippen molar-refractivity contribution in [2.75, 3.05) is 7.11 Å². The maximum Gasteiger partial charge on any atom is 0.330 e. The lowest BCUT2D eigenvalue weighted by molar-refractivity contribution is -0.0655. The van der Waals surface area contributed by atoms with E-state index in [9.17, 15) is 19.8 Å². The number of aromatic amines is 1. The maximum absolute atomic E-state index is 11.7. The molecule has 1 fully saturated rings. The molecular weight excluding hydrogens is 371 g/mol. The Morgan fingerprint density at radius 3 is 2.79 bits per heavy atom. The molecule has 1 aliphatic rings. The topological polar surface area (TPSA) is 114 Å². The minimum absolute atomic E-state index is 0.528. The van der Waals surface area contributed by atoms with E-state index in [-0.39, 0.29) is 0 Å². The summed E-state index contributed by atoms with van der Waals surface area (Å²) in [5.74, 6) is 0. The van der Waals surface area contributed by atoms with Crippen LogP contribution in [-0.4, -0.2) is 49.3 Å². The molecular formula is C10H13IN2O6. The first-order valence-electron chi connectivity index (χ1n) is 5.45. The smallest absolute Gasteiger partial charge is 0.330 e. The van der Waals surface area contributed by atoms with Gasteiger partial charge in [0.15, 0.2) is 6.23 Å². The van der Waals surface area contributed by atoms with Crippen LogP contribution in [0.1, 0.15) is 6.23 Å². The van der Waals surface area contributed by atoms with Crippen LogP contribution >= 0.6 is 22.6 Å². The van der Waals surface area contributed by atoms with Crippen molar-refractivity contribution in [1.29, 1.82) is 0 Å². The van der Waals surface area contributed by atoms with Gasteiger partial charge in [0.2, 0.25) is 0 Å². The normalized spacial score (nSPS) is 32.4. The van der Waals surface area contributed by atoms with Gasteiger partial charge in [-0.05, 0) is 22.6 Å². The predicted molar refractivity (Wildman–Crippen MR) is 72.1 cm³/mol. The monoisotopic (exact) mass is 384 g/mol. The Kier molecular flexibility index (Phi) is 4.40. The van der Waals surface area contributed by atoms with Gasteiger partial charge in [0, 0.05) is 19.4 Å². The second kappa shape index (κ2) is 5.71. The average Bonchev–Trinajstić information content (AvgIpc) is 2.66. The van der Waals surface area contributed by atoms with Gasteiger partial charge in [0.05, 0.1) is 0 Å². The summed E-state index contributed by atoms with van der Waals surface area (Å²) >= 11 is 1.70. The Balaban J connectivity index is 2.38. The van der Waals surface area contributed by atoms with Crippen LogP contribution in [0.5, 0.6) is 0 Å². The first-order chi connectivity index (χ1) is 8.95. The highest BCUT2D eigenvalue weighted by Crippen LogP contribution is 2.33. The largest absolute Gasteiger partial charge is 0.387 e. The molecule has 0 amide bonds. The lowest BCUT2D eigenvalue weighted by atomic mass is 10.1. The molecule has 1 aromatic heterocycles. The third kappa shape index (κ3) is 2.74. The third-order valence-electron chi connectivity index (χ3n) is 2.92. The molecule has 1 saturated heterocycles. The minimum Gasteiger partial charge on any atom is -0.387 e. The fraction of sp³-hybridized carbons (Fsp3) is 0.600. The number of alkyl halides is 1. The van der Waals surface area contributed by atoms with Gasteiger partial charge in [0.25, 0.3) is 5.56 Å². The highest BCUT2D eigenvalue weighted by molar-refractivity contribution is 14.1. The van der Waals surface area contributed by atoms with Gasteiger partial charge < -0.3 is 19.7 Å². The van der Waals surface area contributed by atoms with Crippen LogP contribution in [0, 0.1) is 0 Å². The molecule has 0 radical (unpaired) electrons. The van der Waals surface area contributed by atoms with Crippen molar-refractivity contribution in [3.8, 4) is 0 Å². The Morgan fingerprint density at radius 1 is 1.58 bits per heavy atom. The summed E-state index contributed by atoms with van der Waals surface area (Å²) in [5.41, 5.74) is -1.20. The number of H-pyrrole nitrogens is 1. The van der Waals surface area contributed by atoms with Crippen molar-refractivity contribution in [1.82, 2.24) is 9.55 Å². The summed E-state index contributed by atoms with van der Waals surface area (Å²) in [6.45, 7) is 0. The quantitative estimate of drug-likeness (QED) is 0.435. The molecule has 106 valence electrons. The zero-order valence-corrected chi connectivity index (χ0v) is 12.1. The molecule has 8 nitrogen and oxygen atoms in total. The van der Waals surface area contributed by atoms with Crippen LogP contribution < -0.4 is 11.2 Å². The Labute approximate surface area is 121 Å². The van der Waals surface area contributed by atoms with E-state index >= 15 is 0 Å². The number of hydrogen-bond acceptors (Lipinski definition) is 6. The van der Waals surface area contributed by atoms with Gasteiger partial charge in [0.1, 0.15) is 22.4 Å². The molecule has 3 N–H and O–H groups in total. The molecule has 2 rings (SSSR count). The van der Waals surface area contributed by atoms with E-state index in [1.807, 2.05) is 0 Å². The second-order valence-electron chi connectivity index (χ2n) is 4.07. The van der Waals surface area contributed by atoms with Crippen LogP contribution in [0.4, 0.5) is 0 Å². The number of nitrogens with zero attached hydrogens (tertiary/aromatic N) is 1. The molecule has 2 heterocycles. The van der Waals surface area contributed by atoms with Crippen LogP contribution in [-0.2, 0) is 9.47 Å². The predicted octanol–water partition coefficient (Wildman–Crippen LogP) is -1.44. The lowest BCUT2D eigenvalue weighted by Crippen LogP contribution is -2.39. The van der Waals surface area contributed by atoms with Crippen molar-refractivity contribution in [3.05, 3.63) is 33.1 Å². The molecule has 0 bridgehead atoms. The molecule has 0 aromatic carbocycles. The van der Waals surface area contributed by atoms with Crippen molar-refractivity contribution in [3.63, 3.8) is 0 Å². The van der Waals surface area contributed by atoms with Gasteiger partial charge in [-0.15, -0.1) is 0 Å². The molecule has 1 unspecified atom stereocenters. The maximum atomic E-state index is 11.7. The van der Waals surface area contributed by atoms with E-state index in [2.05, 4.69) is 4.98 Å². The summed E-state index contributed by atoms with van der Waals surface area (Å²) in [6.07, 6.45) is -2.45. The fourth-order valence-corrected chi connectivity index (χ4v) is 2.60. The van der Waals surface area contributed by atoms with E-state index in [1.54, 1.807) is 22.6 Å². The summed E-state index contributed by atoms with van der Waals surface area (Å²) in [5, 5.41) is 19.5. The summed E-state index contributed by atoms with van der Waals surface area (Å²) in [6, 6.07) is 1.16. The van der Waals surface area contributed by atoms with Crippen LogP contribution in [0.25, 0.3) is 0 Å². The number of halogens is 1. The van der Waals surface area contributed by atoms with E-state index < -0.39 is 39.9 Å². The molecule has 9 heteroatoms. The highest BCUT2D eigenvalue weighted by Gasteiger charge is 2.47. The van der Waals surface area contributed by atoms with Crippen LogP contribution in [0.15, 0.2) is 21.9 Å². The molecule has 19 heavy (non-hydrogen) atoms. The number of aromatic nitrogens is 2. The van der Waals surface area contributed by atoms with E-state index in [0.717, 1.165) is 10.6 Å². The van der Waals surface area contributed by atoms with Gasteiger partial charge in [-0.2, -0.15) is 0 Å². The number of methoxy groups -OCH3 is 1. The molecule has 1 aromatic rings. The van der Waals surface area contributed by atoms with Gasteiger partial charge in [-0.3, -0.25) is 14.3 Å². The number of aliphatic hydroxyl groups excluding tert-OH is 2. The third-order valence-corrected chi connectivity index (χ3v) is 3.63. The Hall–Kier alpha value is -0.750. The zero-order chi connectivity index (χ0) is 14.2. The number of ether oxygens (including phenoxy) is 2. The van der Waals surface area contributed by atoms with Gasteiger partial charge in [-0.1, -0.05) is 0 Å². The van der Waals surface area contributed by atoms with Crippen molar-refractivity contribution in [2.24, 2.45) is 0 Å². The van der Waals surface area contributed by atoms with Crippen LogP contribution in [0.3, 0.4) is 0 Å². The van der Waals surface area contributed by atoms with Crippen molar-refractivity contribution < 1.29 is 19.7 Å². The molecule has 1 aliphatic heterocycles. The first-order valence-corrected chi connectivity index (χ1v) is 6.70.